The lowest BCUT2D eigenvalue weighted by molar-refractivity contribution is 0.160. The summed E-state index contributed by atoms with van der Waals surface area (Å²) < 4.78 is 13.9. The molecule has 1 atom stereocenters. The maximum absolute atomic E-state index is 13.9. The summed E-state index contributed by atoms with van der Waals surface area (Å²) in [5.74, 6) is -0.0530. The Labute approximate surface area is 102 Å². The predicted octanol–water partition coefficient (Wildman–Crippen LogP) is 2.11. The maximum atomic E-state index is 13.9. The average molecular weight is 234 g/mol. The van der Waals surface area contributed by atoms with Gasteiger partial charge in [-0.3, -0.25) is 4.90 Å². The molecule has 1 unspecified atom stereocenters. The van der Waals surface area contributed by atoms with Crippen molar-refractivity contribution in [2.24, 2.45) is 0 Å². The van der Waals surface area contributed by atoms with Crippen molar-refractivity contribution in [3.8, 4) is 0 Å². The highest BCUT2D eigenvalue weighted by Gasteiger charge is 2.51. The fourth-order valence-corrected chi connectivity index (χ4v) is 3.09. The van der Waals surface area contributed by atoms with E-state index in [-0.39, 0.29) is 11.4 Å². The lowest BCUT2D eigenvalue weighted by Crippen LogP contribution is -2.42. The van der Waals surface area contributed by atoms with E-state index in [1.54, 1.807) is 12.1 Å². The van der Waals surface area contributed by atoms with E-state index in [9.17, 15) is 4.39 Å². The Kier molecular flexibility index (Phi) is 2.68. The molecule has 1 aliphatic heterocycles. The topological polar surface area (TPSA) is 15.3 Å². The number of nitrogens with one attached hydrogen (secondary N) is 1. The molecule has 0 spiro atoms. The van der Waals surface area contributed by atoms with E-state index in [1.807, 2.05) is 12.1 Å². The second kappa shape index (κ2) is 4.07. The molecule has 1 saturated carbocycles. The predicted molar refractivity (Wildman–Crippen MR) is 66.3 cm³/mol. The largest absolute Gasteiger partial charge is 0.315 e. The Morgan fingerprint density at radius 2 is 2.12 bits per heavy atom. The van der Waals surface area contributed by atoms with Crippen LogP contribution in [0.1, 0.15) is 24.8 Å². The minimum Gasteiger partial charge on any atom is -0.315 e. The quantitative estimate of drug-likeness (QED) is 0.861. The Morgan fingerprint density at radius 3 is 2.71 bits per heavy atom. The van der Waals surface area contributed by atoms with Gasteiger partial charge in [0.25, 0.3) is 0 Å². The Hall–Kier alpha value is -0.930. The zero-order chi connectivity index (χ0) is 11.9. The van der Waals surface area contributed by atoms with Crippen molar-refractivity contribution < 1.29 is 4.39 Å². The highest BCUT2D eigenvalue weighted by atomic mass is 19.1. The van der Waals surface area contributed by atoms with Gasteiger partial charge in [-0.25, -0.2) is 4.39 Å². The van der Waals surface area contributed by atoms with Crippen LogP contribution in [0.5, 0.6) is 0 Å². The molecule has 2 nitrogen and oxygen atoms in total. The molecule has 17 heavy (non-hydrogen) atoms. The molecule has 1 aliphatic carbocycles. The van der Waals surface area contributed by atoms with Crippen LogP contribution in [-0.4, -0.2) is 31.1 Å². The molecule has 0 amide bonds. The van der Waals surface area contributed by atoms with Crippen LogP contribution in [0.4, 0.5) is 4.39 Å². The van der Waals surface area contributed by atoms with Crippen molar-refractivity contribution in [1.29, 1.82) is 0 Å². The molecule has 1 heterocycles. The van der Waals surface area contributed by atoms with Gasteiger partial charge in [-0.05, 0) is 38.9 Å². The van der Waals surface area contributed by atoms with Crippen molar-refractivity contribution in [1.82, 2.24) is 10.2 Å². The van der Waals surface area contributed by atoms with Crippen LogP contribution in [0.2, 0.25) is 0 Å². The van der Waals surface area contributed by atoms with Crippen molar-refractivity contribution in [3.63, 3.8) is 0 Å². The third-order valence-corrected chi connectivity index (χ3v) is 4.36. The number of halogens is 1. The molecular weight excluding hydrogens is 215 g/mol. The van der Waals surface area contributed by atoms with Gasteiger partial charge in [0.2, 0.25) is 0 Å². The summed E-state index contributed by atoms with van der Waals surface area (Å²) in [5.41, 5.74) is 0.858. The summed E-state index contributed by atoms with van der Waals surface area (Å²) in [5, 5.41) is 3.38. The molecule has 0 radical (unpaired) electrons. The van der Waals surface area contributed by atoms with E-state index in [1.165, 1.54) is 6.42 Å². The zero-order valence-corrected chi connectivity index (χ0v) is 10.2. The van der Waals surface area contributed by atoms with Gasteiger partial charge >= 0.3 is 0 Å². The van der Waals surface area contributed by atoms with Crippen molar-refractivity contribution in [2.75, 3.05) is 20.1 Å². The summed E-state index contributed by atoms with van der Waals surface area (Å²) in [6, 6.07) is 7.79. The van der Waals surface area contributed by atoms with Gasteiger partial charge in [0.1, 0.15) is 5.82 Å². The SMILES string of the molecule is CN(C1CCNC1)C1(c2ccccc2F)CC1. The second-order valence-corrected chi connectivity index (χ2v) is 5.27. The van der Waals surface area contributed by atoms with Gasteiger partial charge in [0.05, 0.1) is 0 Å². The highest BCUT2D eigenvalue weighted by Crippen LogP contribution is 2.52. The van der Waals surface area contributed by atoms with Crippen LogP contribution in [0.15, 0.2) is 24.3 Å². The lowest BCUT2D eigenvalue weighted by atomic mass is 10.0. The first-order chi connectivity index (χ1) is 8.24. The van der Waals surface area contributed by atoms with Crippen LogP contribution < -0.4 is 5.32 Å². The lowest BCUT2D eigenvalue weighted by Gasteiger charge is -2.33. The van der Waals surface area contributed by atoms with Gasteiger partial charge in [-0.15, -0.1) is 0 Å². The standard InChI is InChI=1S/C14H19FN2/c1-17(11-6-9-16-10-11)14(7-8-14)12-4-2-3-5-13(12)15/h2-5,11,16H,6-10H2,1H3. The zero-order valence-electron chi connectivity index (χ0n) is 10.2. The van der Waals surface area contributed by atoms with Crippen molar-refractivity contribution in [2.45, 2.75) is 30.8 Å². The van der Waals surface area contributed by atoms with Crippen molar-refractivity contribution in [3.05, 3.63) is 35.6 Å². The molecule has 0 aromatic heterocycles. The summed E-state index contributed by atoms with van der Waals surface area (Å²) in [6.07, 6.45) is 3.34. The minimum absolute atomic E-state index is 0.0258. The van der Waals surface area contributed by atoms with Crippen LogP contribution in [-0.2, 0) is 5.54 Å². The molecule has 1 aromatic rings. The summed E-state index contributed by atoms with van der Waals surface area (Å²) in [7, 11) is 2.15. The summed E-state index contributed by atoms with van der Waals surface area (Å²) in [6.45, 7) is 2.12. The Bertz CT molecular complexity index is 408. The average Bonchev–Trinajstić information content (AvgIpc) is 2.96. The molecule has 92 valence electrons. The van der Waals surface area contributed by atoms with Crippen molar-refractivity contribution >= 4 is 0 Å². The monoisotopic (exact) mass is 234 g/mol. The third-order valence-electron chi connectivity index (χ3n) is 4.36. The number of benzene rings is 1. The summed E-state index contributed by atoms with van der Waals surface area (Å²) in [4.78, 5) is 2.39. The van der Waals surface area contributed by atoms with Crippen LogP contribution in [0.25, 0.3) is 0 Å². The first-order valence-electron chi connectivity index (χ1n) is 6.43. The van der Waals surface area contributed by atoms with Crippen LogP contribution in [0.3, 0.4) is 0 Å². The van der Waals surface area contributed by atoms with E-state index in [2.05, 4.69) is 17.3 Å². The molecule has 1 aromatic carbocycles. The Balaban J connectivity index is 1.88. The number of rotatable bonds is 3. The molecule has 2 fully saturated rings. The number of nitrogens with zero attached hydrogens (tertiary/aromatic N) is 1. The molecule has 0 bridgehead atoms. The summed E-state index contributed by atoms with van der Waals surface area (Å²) >= 11 is 0. The van der Waals surface area contributed by atoms with Gasteiger partial charge in [-0.1, -0.05) is 18.2 Å². The van der Waals surface area contributed by atoms with Crippen LogP contribution >= 0.6 is 0 Å². The van der Waals surface area contributed by atoms with E-state index < -0.39 is 0 Å². The van der Waals surface area contributed by atoms with Gasteiger partial charge < -0.3 is 5.32 Å². The number of hydrogen-bond donors (Lipinski definition) is 1. The molecule has 3 rings (SSSR count). The smallest absolute Gasteiger partial charge is 0.128 e. The first kappa shape index (κ1) is 11.2. The van der Waals surface area contributed by atoms with Crippen LogP contribution in [0, 0.1) is 5.82 Å². The third kappa shape index (κ3) is 1.78. The van der Waals surface area contributed by atoms with E-state index in [0.717, 1.165) is 31.5 Å². The second-order valence-electron chi connectivity index (χ2n) is 5.27. The highest BCUT2D eigenvalue weighted by molar-refractivity contribution is 5.32. The van der Waals surface area contributed by atoms with Gasteiger partial charge in [0, 0.05) is 23.7 Å². The maximum Gasteiger partial charge on any atom is 0.128 e. The minimum atomic E-state index is -0.0530. The van der Waals surface area contributed by atoms with Gasteiger partial charge in [0.15, 0.2) is 0 Å². The van der Waals surface area contributed by atoms with E-state index in [4.69, 9.17) is 0 Å². The van der Waals surface area contributed by atoms with Gasteiger partial charge in [-0.2, -0.15) is 0 Å². The number of hydrogen-bond acceptors (Lipinski definition) is 2. The molecule has 1 saturated heterocycles. The molecule has 1 N–H and O–H groups in total. The molecular formula is C14H19FN2. The first-order valence-corrected chi connectivity index (χ1v) is 6.43. The van der Waals surface area contributed by atoms with E-state index in [0.29, 0.717) is 6.04 Å². The molecule has 3 heteroatoms. The van der Waals surface area contributed by atoms with E-state index >= 15 is 0 Å². The number of likely N-dealkylation sites (N-methyl/N-ethyl adjacent to an activating group) is 1. The Morgan fingerprint density at radius 1 is 1.35 bits per heavy atom. The normalized spacial score (nSPS) is 26.4. The fraction of sp³-hybridized carbons (Fsp3) is 0.571. The molecule has 2 aliphatic rings. The fourth-order valence-electron chi connectivity index (χ4n) is 3.09.